The summed E-state index contributed by atoms with van der Waals surface area (Å²) in [6.45, 7) is 3.88. The summed E-state index contributed by atoms with van der Waals surface area (Å²) in [7, 11) is 0. The van der Waals surface area contributed by atoms with Gasteiger partial charge in [-0.3, -0.25) is 4.99 Å². The molecule has 1 heterocycles. The van der Waals surface area contributed by atoms with Gasteiger partial charge in [-0.05, 0) is 31.1 Å². The molecule has 4 heteroatoms. The van der Waals surface area contributed by atoms with E-state index in [0.717, 1.165) is 11.1 Å². The Hall–Kier alpha value is -1.79. The number of hydrogen-bond donors (Lipinski definition) is 1. The normalized spacial score (nSPS) is 20.9. The minimum atomic E-state index is -0.173. The minimum Gasteiger partial charge on any atom is -0.370 e. The fraction of sp³-hybridized carbons (Fsp3) is 0.333. The first kappa shape index (κ1) is 13.6. The van der Waals surface area contributed by atoms with Crippen molar-refractivity contribution in [3.63, 3.8) is 0 Å². The molecule has 0 aliphatic carbocycles. The van der Waals surface area contributed by atoms with Crippen molar-refractivity contribution in [2.75, 3.05) is 0 Å². The van der Waals surface area contributed by atoms with E-state index in [4.69, 9.17) is 11.6 Å². The Morgan fingerprint density at radius 3 is 2.74 bits per heavy atom. The van der Waals surface area contributed by atoms with Crippen LogP contribution >= 0.6 is 11.6 Å². The van der Waals surface area contributed by atoms with Gasteiger partial charge in [0.15, 0.2) is 0 Å². The van der Waals surface area contributed by atoms with Gasteiger partial charge in [-0.25, -0.2) is 0 Å². The van der Waals surface area contributed by atoms with Gasteiger partial charge in [-0.15, -0.1) is 0 Å². The summed E-state index contributed by atoms with van der Waals surface area (Å²) in [6, 6.07) is 9.96. The molecule has 0 saturated carbocycles. The van der Waals surface area contributed by atoms with Gasteiger partial charge in [0, 0.05) is 23.4 Å². The van der Waals surface area contributed by atoms with Crippen LogP contribution in [-0.4, -0.2) is 12.4 Å². The van der Waals surface area contributed by atoms with Crippen LogP contribution in [-0.2, 0) is 0 Å². The second-order valence-electron chi connectivity index (χ2n) is 4.68. The largest absolute Gasteiger partial charge is 0.370 e. The number of nitrogens with zero attached hydrogens (tertiary/aromatic N) is 2. The maximum atomic E-state index is 9.25. The first-order valence-electron chi connectivity index (χ1n) is 6.27. The van der Waals surface area contributed by atoms with E-state index in [9.17, 15) is 5.26 Å². The molecule has 0 radical (unpaired) electrons. The molecule has 0 spiro atoms. The van der Waals surface area contributed by atoms with Crippen molar-refractivity contribution in [3.05, 3.63) is 46.6 Å². The van der Waals surface area contributed by atoms with Crippen LogP contribution < -0.4 is 5.32 Å². The molecule has 0 saturated heterocycles. The summed E-state index contributed by atoms with van der Waals surface area (Å²) in [5.74, 6) is -0.241. The summed E-state index contributed by atoms with van der Waals surface area (Å²) in [6.07, 6.45) is 3.84. The number of halogens is 1. The van der Waals surface area contributed by atoms with Crippen molar-refractivity contribution < 1.29 is 0 Å². The van der Waals surface area contributed by atoms with Crippen molar-refractivity contribution in [1.82, 2.24) is 5.32 Å². The topological polar surface area (TPSA) is 48.2 Å². The Balaban J connectivity index is 2.41. The molecule has 2 rings (SSSR count). The molecule has 3 atom stereocenters. The van der Waals surface area contributed by atoms with Gasteiger partial charge in [-0.1, -0.05) is 29.8 Å². The Labute approximate surface area is 118 Å². The number of hydrogen-bond acceptors (Lipinski definition) is 3. The molecule has 0 fully saturated rings. The van der Waals surface area contributed by atoms with Crippen LogP contribution in [0.15, 0.2) is 41.0 Å². The summed E-state index contributed by atoms with van der Waals surface area (Å²) in [5.41, 5.74) is 1.95. The van der Waals surface area contributed by atoms with E-state index in [-0.39, 0.29) is 18.0 Å². The number of rotatable bonds is 3. The van der Waals surface area contributed by atoms with Gasteiger partial charge < -0.3 is 5.32 Å². The Bertz CT molecular complexity index is 557. The van der Waals surface area contributed by atoms with Crippen LogP contribution in [0.3, 0.4) is 0 Å². The molecule has 3 unspecified atom stereocenters. The highest BCUT2D eigenvalue weighted by Crippen LogP contribution is 2.35. The molecule has 0 aromatic heterocycles. The zero-order valence-electron chi connectivity index (χ0n) is 11.0. The Morgan fingerprint density at radius 2 is 2.16 bits per heavy atom. The lowest BCUT2D eigenvalue weighted by atomic mass is 9.82. The molecule has 1 aromatic carbocycles. The molecule has 0 bridgehead atoms. The highest BCUT2D eigenvalue weighted by atomic mass is 35.5. The zero-order chi connectivity index (χ0) is 13.8. The molecular weight excluding hydrogens is 258 g/mol. The molecule has 3 nitrogen and oxygen atoms in total. The highest BCUT2D eigenvalue weighted by molar-refractivity contribution is 6.31. The number of nitrogens with one attached hydrogen (secondary N) is 1. The standard InChI is InChI=1S/C15H16ClN3/c1-10(7-17)15(12-8-18-11(2)19-9-12)13-5-3-4-6-14(13)16/h3-6,8-11,15,18H,1-2H3. The lowest BCUT2D eigenvalue weighted by Crippen LogP contribution is -2.25. The van der Waals surface area contributed by atoms with Crippen LogP contribution in [0.25, 0.3) is 0 Å². The average molecular weight is 274 g/mol. The van der Waals surface area contributed by atoms with Gasteiger partial charge in [0.25, 0.3) is 0 Å². The second kappa shape index (κ2) is 5.90. The van der Waals surface area contributed by atoms with E-state index in [2.05, 4.69) is 16.4 Å². The van der Waals surface area contributed by atoms with Gasteiger partial charge in [-0.2, -0.15) is 5.26 Å². The molecule has 19 heavy (non-hydrogen) atoms. The van der Waals surface area contributed by atoms with Crippen molar-refractivity contribution in [2.45, 2.75) is 25.9 Å². The predicted octanol–water partition coefficient (Wildman–Crippen LogP) is 3.49. The van der Waals surface area contributed by atoms with Crippen LogP contribution in [0.4, 0.5) is 0 Å². The molecule has 1 aromatic rings. The van der Waals surface area contributed by atoms with Crippen molar-refractivity contribution in [1.29, 1.82) is 5.26 Å². The summed E-state index contributed by atoms with van der Waals surface area (Å²) in [5, 5.41) is 13.1. The highest BCUT2D eigenvalue weighted by Gasteiger charge is 2.25. The van der Waals surface area contributed by atoms with E-state index in [1.165, 1.54) is 0 Å². The number of nitriles is 1. The zero-order valence-corrected chi connectivity index (χ0v) is 11.7. The van der Waals surface area contributed by atoms with Gasteiger partial charge in [0.1, 0.15) is 6.17 Å². The maximum Gasteiger partial charge on any atom is 0.115 e. The van der Waals surface area contributed by atoms with E-state index in [0.29, 0.717) is 5.02 Å². The minimum absolute atomic E-state index is 0.0672. The lowest BCUT2D eigenvalue weighted by molar-refractivity contribution is 0.611. The Kier molecular flexibility index (Phi) is 4.24. The fourth-order valence-electron chi connectivity index (χ4n) is 2.20. The second-order valence-corrected chi connectivity index (χ2v) is 5.09. The first-order chi connectivity index (χ1) is 9.13. The summed E-state index contributed by atoms with van der Waals surface area (Å²) < 4.78 is 0. The third kappa shape index (κ3) is 2.97. The van der Waals surface area contributed by atoms with Crippen molar-refractivity contribution >= 4 is 17.8 Å². The molecule has 98 valence electrons. The van der Waals surface area contributed by atoms with Crippen LogP contribution in [0, 0.1) is 17.2 Å². The van der Waals surface area contributed by atoms with E-state index >= 15 is 0 Å². The smallest absolute Gasteiger partial charge is 0.115 e. The van der Waals surface area contributed by atoms with Crippen molar-refractivity contribution in [3.8, 4) is 6.07 Å². The average Bonchev–Trinajstić information content (AvgIpc) is 2.43. The van der Waals surface area contributed by atoms with E-state index < -0.39 is 0 Å². The summed E-state index contributed by atoms with van der Waals surface area (Å²) in [4.78, 5) is 4.35. The molecular formula is C15H16ClN3. The third-order valence-corrected chi connectivity index (χ3v) is 3.59. The molecule has 1 aliphatic heterocycles. The summed E-state index contributed by atoms with van der Waals surface area (Å²) >= 11 is 6.27. The predicted molar refractivity (Wildman–Crippen MR) is 78.1 cm³/mol. The third-order valence-electron chi connectivity index (χ3n) is 3.24. The van der Waals surface area contributed by atoms with Gasteiger partial charge >= 0.3 is 0 Å². The molecule has 1 aliphatic rings. The van der Waals surface area contributed by atoms with Gasteiger partial charge in [0.2, 0.25) is 0 Å². The van der Waals surface area contributed by atoms with Crippen molar-refractivity contribution in [2.24, 2.45) is 10.9 Å². The quantitative estimate of drug-likeness (QED) is 0.916. The number of aliphatic imine (C=N–C) groups is 1. The molecule has 0 amide bonds. The van der Waals surface area contributed by atoms with E-state index in [1.807, 2.05) is 50.5 Å². The number of allylic oxidation sites excluding steroid dienone is 1. The fourth-order valence-corrected chi connectivity index (χ4v) is 2.46. The maximum absolute atomic E-state index is 9.25. The molecule has 1 N–H and O–H groups in total. The van der Waals surface area contributed by atoms with Crippen LogP contribution in [0.2, 0.25) is 5.02 Å². The van der Waals surface area contributed by atoms with E-state index in [1.54, 1.807) is 0 Å². The van der Waals surface area contributed by atoms with Crippen LogP contribution in [0.1, 0.15) is 25.3 Å². The monoisotopic (exact) mass is 273 g/mol. The Morgan fingerprint density at radius 1 is 1.42 bits per heavy atom. The first-order valence-corrected chi connectivity index (χ1v) is 6.64. The lowest BCUT2D eigenvalue weighted by Gasteiger charge is -2.25. The van der Waals surface area contributed by atoms with Gasteiger partial charge in [0.05, 0.1) is 12.0 Å². The number of benzene rings is 1. The SMILES string of the molecule is CC1N=CC(C(c2ccccc2Cl)C(C)C#N)=CN1. The van der Waals surface area contributed by atoms with Crippen LogP contribution in [0.5, 0.6) is 0 Å².